The van der Waals surface area contributed by atoms with Gasteiger partial charge in [-0.1, -0.05) is 24.3 Å². The highest BCUT2D eigenvalue weighted by molar-refractivity contribution is 5.95. The van der Waals surface area contributed by atoms with E-state index in [4.69, 9.17) is 9.47 Å². The van der Waals surface area contributed by atoms with Crippen molar-refractivity contribution in [1.29, 1.82) is 0 Å². The fourth-order valence-electron chi connectivity index (χ4n) is 2.26. The largest absolute Gasteiger partial charge is 0.427 e. The Balaban J connectivity index is 2.03. The van der Waals surface area contributed by atoms with Gasteiger partial charge in [0, 0.05) is 31.8 Å². The zero-order valence-corrected chi connectivity index (χ0v) is 14.6. The summed E-state index contributed by atoms with van der Waals surface area (Å²) in [5.74, 6) is -0.752. The van der Waals surface area contributed by atoms with E-state index in [1.54, 1.807) is 36.4 Å². The molecule has 7 nitrogen and oxygen atoms in total. The Morgan fingerprint density at radius 1 is 1.04 bits per heavy atom. The molecule has 0 bridgehead atoms. The predicted molar refractivity (Wildman–Crippen MR) is 95.9 cm³/mol. The highest BCUT2D eigenvalue weighted by Crippen LogP contribution is 2.16. The van der Waals surface area contributed by atoms with Gasteiger partial charge >= 0.3 is 5.97 Å². The number of para-hydroxylation sites is 1. The molecule has 0 unspecified atom stereocenters. The summed E-state index contributed by atoms with van der Waals surface area (Å²) in [6.45, 7) is 1.46. The van der Waals surface area contributed by atoms with Crippen LogP contribution in [-0.2, 0) is 20.9 Å². The number of hydrogen-bond acceptors (Lipinski definition) is 5. The monoisotopic (exact) mass is 356 g/mol. The van der Waals surface area contributed by atoms with Crippen molar-refractivity contribution in [2.24, 2.45) is 0 Å². The molecule has 0 atom stereocenters. The second-order valence-corrected chi connectivity index (χ2v) is 5.44. The van der Waals surface area contributed by atoms with Gasteiger partial charge in [0.05, 0.1) is 0 Å². The minimum Gasteiger partial charge on any atom is -0.427 e. The van der Waals surface area contributed by atoms with E-state index in [1.165, 1.54) is 20.1 Å². The number of benzene rings is 2. The van der Waals surface area contributed by atoms with Crippen LogP contribution in [0.25, 0.3) is 0 Å². The molecule has 2 amide bonds. The standard InChI is InChI=1S/C19H20N2O5/c1-13(22)26-16-8-5-7-14(10-16)19(24)20-11-15-6-3-4-9-17(15)21-18(23)12-25-2/h3-10H,11-12H2,1-2H3,(H,20,24)(H,21,23). The van der Waals surface area contributed by atoms with Crippen LogP contribution in [-0.4, -0.2) is 31.5 Å². The minimum absolute atomic E-state index is 0.0520. The molecular weight excluding hydrogens is 336 g/mol. The van der Waals surface area contributed by atoms with E-state index >= 15 is 0 Å². The first-order valence-corrected chi connectivity index (χ1v) is 7.93. The number of anilines is 1. The van der Waals surface area contributed by atoms with E-state index < -0.39 is 5.97 Å². The molecule has 2 aromatic carbocycles. The number of carbonyl (C=O) groups is 3. The molecular formula is C19H20N2O5. The lowest BCUT2D eigenvalue weighted by molar-refractivity contribution is -0.131. The summed E-state index contributed by atoms with van der Waals surface area (Å²) < 4.78 is 9.77. The average Bonchev–Trinajstić information content (AvgIpc) is 2.60. The molecule has 2 rings (SSSR count). The third-order valence-corrected chi connectivity index (χ3v) is 3.36. The number of carbonyl (C=O) groups excluding carboxylic acids is 3. The molecule has 2 N–H and O–H groups in total. The van der Waals surface area contributed by atoms with Crippen LogP contribution in [0.2, 0.25) is 0 Å². The molecule has 0 saturated carbocycles. The summed E-state index contributed by atoms with van der Waals surface area (Å²) in [5, 5.41) is 5.51. The van der Waals surface area contributed by atoms with Gasteiger partial charge in [0.25, 0.3) is 5.91 Å². The van der Waals surface area contributed by atoms with E-state index in [2.05, 4.69) is 10.6 Å². The summed E-state index contributed by atoms with van der Waals surface area (Å²) in [4.78, 5) is 35.0. The van der Waals surface area contributed by atoms with Crippen molar-refractivity contribution in [2.45, 2.75) is 13.5 Å². The molecule has 0 fully saturated rings. The lowest BCUT2D eigenvalue weighted by Gasteiger charge is -2.12. The van der Waals surface area contributed by atoms with Gasteiger partial charge in [-0.3, -0.25) is 14.4 Å². The van der Waals surface area contributed by atoms with Crippen molar-refractivity contribution in [3.63, 3.8) is 0 Å². The van der Waals surface area contributed by atoms with Crippen molar-refractivity contribution in [2.75, 3.05) is 19.0 Å². The molecule has 0 aliphatic rings. The molecule has 7 heteroatoms. The SMILES string of the molecule is COCC(=O)Nc1ccccc1CNC(=O)c1cccc(OC(C)=O)c1. The molecule has 0 aromatic heterocycles. The Hall–Kier alpha value is -3.19. The van der Waals surface area contributed by atoms with Gasteiger partial charge in [-0.15, -0.1) is 0 Å². The van der Waals surface area contributed by atoms with Gasteiger partial charge < -0.3 is 20.1 Å². The fourth-order valence-corrected chi connectivity index (χ4v) is 2.26. The van der Waals surface area contributed by atoms with Crippen molar-refractivity contribution >= 4 is 23.5 Å². The van der Waals surface area contributed by atoms with Gasteiger partial charge in [-0.25, -0.2) is 0 Å². The van der Waals surface area contributed by atoms with Gasteiger partial charge in [-0.05, 0) is 29.8 Å². The Morgan fingerprint density at radius 2 is 1.81 bits per heavy atom. The van der Waals surface area contributed by atoms with Crippen LogP contribution in [0, 0.1) is 0 Å². The van der Waals surface area contributed by atoms with Crippen molar-refractivity contribution in [1.82, 2.24) is 5.32 Å². The Bertz CT molecular complexity index is 804. The lowest BCUT2D eigenvalue weighted by Crippen LogP contribution is -2.24. The number of esters is 1. The summed E-state index contributed by atoms with van der Waals surface area (Å²) in [5.41, 5.74) is 1.72. The van der Waals surface area contributed by atoms with Crippen LogP contribution < -0.4 is 15.4 Å². The van der Waals surface area contributed by atoms with Gasteiger partial charge in [0.2, 0.25) is 5.91 Å². The minimum atomic E-state index is -0.455. The number of amides is 2. The number of hydrogen-bond donors (Lipinski definition) is 2. The van der Waals surface area contributed by atoms with Gasteiger partial charge in [0.15, 0.2) is 0 Å². The molecule has 2 aromatic rings. The number of methoxy groups -OCH3 is 1. The van der Waals surface area contributed by atoms with Crippen LogP contribution >= 0.6 is 0 Å². The molecule has 0 spiro atoms. The van der Waals surface area contributed by atoms with Crippen molar-refractivity contribution < 1.29 is 23.9 Å². The summed E-state index contributed by atoms with van der Waals surface area (Å²) in [6.07, 6.45) is 0. The Labute approximate surface area is 151 Å². The van der Waals surface area contributed by atoms with E-state index in [0.717, 1.165) is 5.56 Å². The normalized spacial score (nSPS) is 10.1. The molecule has 0 heterocycles. The zero-order chi connectivity index (χ0) is 18.9. The first kappa shape index (κ1) is 19.1. The maximum Gasteiger partial charge on any atom is 0.308 e. The molecule has 0 saturated heterocycles. The summed E-state index contributed by atoms with van der Waals surface area (Å²) in [7, 11) is 1.44. The first-order chi connectivity index (χ1) is 12.5. The number of nitrogens with one attached hydrogen (secondary N) is 2. The first-order valence-electron chi connectivity index (χ1n) is 7.93. The predicted octanol–water partition coefficient (Wildman–Crippen LogP) is 2.13. The number of rotatable bonds is 7. The molecule has 136 valence electrons. The highest BCUT2D eigenvalue weighted by Gasteiger charge is 2.10. The van der Waals surface area contributed by atoms with Gasteiger partial charge in [-0.2, -0.15) is 0 Å². The smallest absolute Gasteiger partial charge is 0.308 e. The second kappa shape index (κ2) is 9.33. The molecule has 0 aliphatic carbocycles. The van der Waals surface area contributed by atoms with Crippen LogP contribution in [0.3, 0.4) is 0 Å². The summed E-state index contributed by atoms with van der Waals surface area (Å²) >= 11 is 0. The summed E-state index contributed by atoms with van der Waals surface area (Å²) in [6, 6.07) is 13.5. The van der Waals surface area contributed by atoms with Crippen LogP contribution in [0.15, 0.2) is 48.5 Å². The zero-order valence-electron chi connectivity index (χ0n) is 14.6. The number of ether oxygens (including phenoxy) is 2. The molecule has 0 aliphatic heterocycles. The van der Waals surface area contributed by atoms with E-state index in [-0.39, 0.29) is 25.0 Å². The van der Waals surface area contributed by atoms with Crippen molar-refractivity contribution in [3.05, 3.63) is 59.7 Å². The maximum atomic E-state index is 12.3. The van der Waals surface area contributed by atoms with Gasteiger partial charge in [0.1, 0.15) is 12.4 Å². The second-order valence-electron chi connectivity index (χ2n) is 5.44. The molecule has 26 heavy (non-hydrogen) atoms. The fraction of sp³-hybridized carbons (Fsp3) is 0.211. The van der Waals surface area contributed by atoms with Crippen molar-refractivity contribution in [3.8, 4) is 5.75 Å². The van der Waals surface area contributed by atoms with Crippen LogP contribution in [0.4, 0.5) is 5.69 Å². The third kappa shape index (κ3) is 5.71. The van der Waals surface area contributed by atoms with E-state index in [0.29, 0.717) is 17.0 Å². The maximum absolute atomic E-state index is 12.3. The average molecular weight is 356 g/mol. The Kier molecular flexibility index (Phi) is 6.87. The molecule has 0 radical (unpaired) electrons. The highest BCUT2D eigenvalue weighted by atomic mass is 16.5. The lowest BCUT2D eigenvalue weighted by atomic mass is 10.1. The third-order valence-electron chi connectivity index (χ3n) is 3.36. The van der Waals surface area contributed by atoms with Crippen LogP contribution in [0.5, 0.6) is 5.75 Å². The Morgan fingerprint density at radius 3 is 2.54 bits per heavy atom. The quantitative estimate of drug-likeness (QED) is 0.585. The van der Waals surface area contributed by atoms with E-state index in [9.17, 15) is 14.4 Å². The topological polar surface area (TPSA) is 93.7 Å². The van der Waals surface area contributed by atoms with Crippen LogP contribution in [0.1, 0.15) is 22.8 Å². The van der Waals surface area contributed by atoms with E-state index in [1.807, 2.05) is 6.07 Å².